The summed E-state index contributed by atoms with van der Waals surface area (Å²) in [6.45, 7) is 0. The molecule has 0 aromatic heterocycles. The van der Waals surface area contributed by atoms with E-state index >= 15 is 0 Å². The number of aliphatic hydroxyl groups is 2. The highest BCUT2D eigenvalue weighted by Gasteiger charge is 2.27. The Balaban J connectivity index is 1.38. The first-order valence-corrected chi connectivity index (χ1v) is 13.8. The Morgan fingerprint density at radius 3 is 1.07 bits per heavy atom. The van der Waals surface area contributed by atoms with E-state index in [-0.39, 0.29) is 11.1 Å². The molecule has 6 nitrogen and oxygen atoms in total. The minimum absolute atomic E-state index is 0.267. The number of carbonyl (C=O) groups is 2. The number of rotatable bonds is 10. The standard InChI is InChI=1S/C36H32N2O4/c39-33(27-18-9-3-10-19-27)31(25-14-5-1-6-15-25)37-35(41)29-22-13-23-30(24-29)36(42)38-32(26-16-7-2-8-17-26)34(40)28-20-11-4-12-21-28/h1-24,31-34,39-40H,(H,37,41)(H,38,42)/t31-,32-,33+,34+/m0/s1. The first-order valence-electron chi connectivity index (χ1n) is 13.8. The van der Waals surface area contributed by atoms with E-state index in [0.717, 1.165) is 11.1 Å². The maximum absolute atomic E-state index is 13.5. The van der Waals surface area contributed by atoms with E-state index in [9.17, 15) is 19.8 Å². The van der Waals surface area contributed by atoms with Crippen molar-refractivity contribution in [3.63, 3.8) is 0 Å². The monoisotopic (exact) mass is 556 g/mol. The number of hydrogen-bond acceptors (Lipinski definition) is 4. The molecule has 2 amide bonds. The molecule has 0 aliphatic rings. The molecular formula is C36H32N2O4. The van der Waals surface area contributed by atoms with E-state index in [1.54, 1.807) is 18.2 Å². The van der Waals surface area contributed by atoms with Crippen molar-refractivity contribution >= 4 is 11.8 Å². The summed E-state index contributed by atoms with van der Waals surface area (Å²) in [4.78, 5) is 27.0. The predicted octanol–water partition coefficient (Wildman–Crippen LogP) is 6.10. The average molecular weight is 557 g/mol. The van der Waals surface area contributed by atoms with Crippen LogP contribution in [0.2, 0.25) is 0 Å². The summed E-state index contributed by atoms with van der Waals surface area (Å²) >= 11 is 0. The number of benzene rings is 5. The maximum Gasteiger partial charge on any atom is 0.251 e. The lowest BCUT2D eigenvalue weighted by Gasteiger charge is -2.26. The van der Waals surface area contributed by atoms with Crippen LogP contribution in [0.5, 0.6) is 0 Å². The molecule has 5 aromatic rings. The van der Waals surface area contributed by atoms with E-state index in [2.05, 4.69) is 10.6 Å². The van der Waals surface area contributed by atoms with Crippen LogP contribution in [0, 0.1) is 0 Å². The van der Waals surface area contributed by atoms with E-state index in [0.29, 0.717) is 11.1 Å². The fourth-order valence-corrected chi connectivity index (χ4v) is 4.95. The summed E-state index contributed by atoms with van der Waals surface area (Å²) in [5.74, 6) is -0.866. The maximum atomic E-state index is 13.5. The molecule has 0 fully saturated rings. The molecule has 0 spiro atoms. The van der Waals surface area contributed by atoms with Gasteiger partial charge in [0.15, 0.2) is 0 Å². The zero-order valence-electron chi connectivity index (χ0n) is 22.9. The normalized spacial score (nSPS) is 13.8. The molecule has 0 saturated heterocycles. The van der Waals surface area contributed by atoms with Gasteiger partial charge in [-0.1, -0.05) is 127 Å². The molecule has 4 atom stereocenters. The zero-order valence-corrected chi connectivity index (χ0v) is 22.9. The number of nitrogens with one attached hydrogen (secondary N) is 2. The Labute approximate surface area is 245 Å². The van der Waals surface area contributed by atoms with Gasteiger partial charge in [-0.2, -0.15) is 0 Å². The van der Waals surface area contributed by atoms with Crippen molar-refractivity contribution < 1.29 is 19.8 Å². The Morgan fingerprint density at radius 2 is 0.738 bits per heavy atom. The molecule has 0 radical (unpaired) electrons. The zero-order chi connectivity index (χ0) is 29.3. The van der Waals surface area contributed by atoms with Crippen molar-refractivity contribution in [3.8, 4) is 0 Å². The first kappa shape index (κ1) is 28.5. The fourth-order valence-electron chi connectivity index (χ4n) is 4.95. The van der Waals surface area contributed by atoms with Crippen LogP contribution in [0.25, 0.3) is 0 Å². The van der Waals surface area contributed by atoms with Gasteiger partial charge in [0.1, 0.15) is 12.2 Å². The Hall–Kier alpha value is -5.04. The van der Waals surface area contributed by atoms with Gasteiger partial charge in [-0.3, -0.25) is 9.59 Å². The van der Waals surface area contributed by atoms with Crippen molar-refractivity contribution in [1.29, 1.82) is 0 Å². The van der Waals surface area contributed by atoms with Crippen LogP contribution in [0.15, 0.2) is 146 Å². The highest BCUT2D eigenvalue weighted by atomic mass is 16.3. The second-order valence-electron chi connectivity index (χ2n) is 10.0. The third kappa shape index (κ3) is 6.81. The van der Waals surface area contributed by atoms with Gasteiger partial charge in [-0.15, -0.1) is 0 Å². The minimum Gasteiger partial charge on any atom is -0.386 e. The van der Waals surface area contributed by atoms with Crippen molar-refractivity contribution in [2.24, 2.45) is 0 Å². The molecule has 0 aliphatic carbocycles. The van der Waals surface area contributed by atoms with Crippen LogP contribution in [-0.4, -0.2) is 22.0 Å². The molecule has 42 heavy (non-hydrogen) atoms. The van der Waals surface area contributed by atoms with Crippen LogP contribution >= 0.6 is 0 Å². The van der Waals surface area contributed by atoms with Gasteiger partial charge in [0, 0.05) is 11.1 Å². The summed E-state index contributed by atoms with van der Waals surface area (Å²) in [5.41, 5.74) is 3.37. The Bertz CT molecular complexity index is 1480. The molecule has 6 heteroatoms. The first-order chi connectivity index (χ1) is 20.5. The summed E-state index contributed by atoms with van der Waals surface area (Å²) in [6.07, 6.45) is -1.98. The highest BCUT2D eigenvalue weighted by molar-refractivity contribution is 6.00. The molecule has 0 aliphatic heterocycles. The van der Waals surface area contributed by atoms with Crippen molar-refractivity contribution in [1.82, 2.24) is 10.6 Å². The number of hydrogen-bond donors (Lipinski definition) is 4. The quantitative estimate of drug-likeness (QED) is 0.167. The minimum atomic E-state index is -0.991. The van der Waals surface area contributed by atoms with Gasteiger partial charge in [0.05, 0.1) is 12.1 Å². The van der Waals surface area contributed by atoms with Crippen molar-refractivity contribution in [2.45, 2.75) is 24.3 Å². The summed E-state index contributed by atoms with van der Waals surface area (Å²) in [5, 5.41) is 28.4. The van der Waals surface area contributed by atoms with Gasteiger partial charge in [0.25, 0.3) is 11.8 Å². The molecule has 5 aromatic carbocycles. The number of aliphatic hydroxyl groups excluding tert-OH is 2. The molecule has 0 heterocycles. The lowest BCUT2D eigenvalue weighted by molar-refractivity contribution is 0.0828. The molecular weight excluding hydrogens is 524 g/mol. The molecule has 0 saturated carbocycles. The Kier molecular flexibility index (Phi) is 9.19. The van der Waals surface area contributed by atoms with Gasteiger partial charge >= 0.3 is 0 Å². The predicted molar refractivity (Wildman–Crippen MR) is 163 cm³/mol. The second kappa shape index (κ2) is 13.5. The van der Waals surface area contributed by atoms with Gasteiger partial charge in [0.2, 0.25) is 0 Å². The molecule has 4 N–H and O–H groups in total. The highest BCUT2D eigenvalue weighted by Crippen LogP contribution is 2.30. The number of amides is 2. The largest absolute Gasteiger partial charge is 0.386 e. The molecule has 0 unspecified atom stereocenters. The average Bonchev–Trinajstić information content (AvgIpc) is 3.07. The summed E-state index contributed by atoms with van der Waals surface area (Å²) in [7, 11) is 0. The number of carbonyl (C=O) groups excluding carboxylic acids is 2. The van der Waals surface area contributed by atoms with Crippen LogP contribution in [0.1, 0.15) is 67.3 Å². The Morgan fingerprint density at radius 1 is 0.429 bits per heavy atom. The van der Waals surface area contributed by atoms with Crippen LogP contribution in [-0.2, 0) is 0 Å². The molecule has 5 rings (SSSR count). The van der Waals surface area contributed by atoms with Crippen LogP contribution in [0.4, 0.5) is 0 Å². The fraction of sp³-hybridized carbons (Fsp3) is 0.111. The van der Waals surface area contributed by atoms with E-state index in [1.807, 2.05) is 121 Å². The van der Waals surface area contributed by atoms with Gasteiger partial charge in [-0.25, -0.2) is 0 Å². The summed E-state index contributed by atoms with van der Waals surface area (Å²) in [6, 6.07) is 41.8. The van der Waals surface area contributed by atoms with Crippen molar-refractivity contribution in [3.05, 3.63) is 179 Å². The third-order valence-electron chi connectivity index (χ3n) is 7.19. The lowest BCUT2D eigenvalue weighted by atomic mass is 9.95. The SMILES string of the molecule is O=C(N[C@@H](c1ccccc1)[C@H](O)c1ccccc1)c1cccc(C(=O)N[C@@H](c2ccccc2)[C@H](O)c2ccccc2)c1. The van der Waals surface area contributed by atoms with Crippen molar-refractivity contribution in [2.75, 3.05) is 0 Å². The van der Waals surface area contributed by atoms with E-state index in [1.165, 1.54) is 6.07 Å². The third-order valence-corrected chi connectivity index (χ3v) is 7.19. The van der Waals surface area contributed by atoms with Gasteiger partial charge in [-0.05, 0) is 40.5 Å². The summed E-state index contributed by atoms with van der Waals surface area (Å²) < 4.78 is 0. The lowest BCUT2D eigenvalue weighted by Crippen LogP contribution is -2.34. The molecule has 210 valence electrons. The molecule has 0 bridgehead atoms. The van der Waals surface area contributed by atoms with Gasteiger partial charge < -0.3 is 20.8 Å². The van der Waals surface area contributed by atoms with E-state index in [4.69, 9.17) is 0 Å². The topological polar surface area (TPSA) is 98.7 Å². The smallest absolute Gasteiger partial charge is 0.251 e. The second-order valence-corrected chi connectivity index (χ2v) is 10.0. The van der Waals surface area contributed by atoms with Crippen LogP contribution < -0.4 is 10.6 Å². The van der Waals surface area contributed by atoms with Crippen LogP contribution in [0.3, 0.4) is 0 Å². The van der Waals surface area contributed by atoms with E-state index < -0.39 is 36.1 Å².